The van der Waals surface area contributed by atoms with Crippen LogP contribution in [0, 0.1) is 5.92 Å². The molecule has 2 aliphatic heterocycles. The van der Waals surface area contributed by atoms with Gasteiger partial charge >= 0.3 is 0 Å². The third-order valence-electron chi connectivity index (χ3n) is 5.05. The van der Waals surface area contributed by atoms with Crippen LogP contribution in [0.2, 0.25) is 0 Å². The van der Waals surface area contributed by atoms with E-state index < -0.39 is 5.54 Å². The molecule has 2 heterocycles. The molecule has 3 unspecified atom stereocenters. The average molecular weight is 237 g/mol. The van der Waals surface area contributed by atoms with Gasteiger partial charge in [-0.3, -0.25) is 4.79 Å². The van der Waals surface area contributed by atoms with Crippen LogP contribution in [0.3, 0.4) is 0 Å². The molecule has 3 atom stereocenters. The van der Waals surface area contributed by atoms with Crippen LogP contribution in [0.1, 0.15) is 38.5 Å². The van der Waals surface area contributed by atoms with E-state index in [0.717, 1.165) is 32.5 Å². The van der Waals surface area contributed by atoms with Crippen molar-refractivity contribution >= 4 is 5.91 Å². The molecular formula is C13H23N3O. The third kappa shape index (κ3) is 1.87. The fourth-order valence-corrected chi connectivity index (χ4v) is 4.00. The van der Waals surface area contributed by atoms with E-state index in [1.54, 1.807) is 0 Å². The molecule has 4 heteroatoms. The molecule has 1 amide bonds. The van der Waals surface area contributed by atoms with Crippen LogP contribution in [0.5, 0.6) is 0 Å². The Morgan fingerprint density at radius 2 is 2.00 bits per heavy atom. The normalized spacial score (nSPS) is 41.9. The highest BCUT2D eigenvalue weighted by atomic mass is 16.1. The maximum absolute atomic E-state index is 12.0. The summed E-state index contributed by atoms with van der Waals surface area (Å²) >= 11 is 0. The van der Waals surface area contributed by atoms with Crippen molar-refractivity contribution in [3.63, 3.8) is 0 Å². The van der Waals surface area contributed by atoms with Gasteiger partial charge in [-0.15, -0.1) is 0 Å². The number of nitrogens with two attached hydrogens (primary N) is 1. The van der Waals surface area contributed by atoms with Gasteiger partial charge in [-0.25, -0.2) is 0 Å². The summed E-state index contributed by atoms with van der Waals surface area (Å²) in [5.41, 5.74) is 5.34. The summed E-state index contributed by atoms with van der Waals surface area (Å²) in [5, 5.41) is 3.66. The van der Waals surface area contributed by atoms with Crippen molar-refractivity contribution in [2.45, 2.75) is 50.1 Å². The second-order valence-corrected chi connectivity index (χ2v) is 6.00. The van der Waals surface area contributed by atoms with Gasteiger partial charge in [0, 0.05) is 25.0 Å². The SMILES string of the molecule is NC(=O)C1(NC2CCCC2)CCN2CCC1C2. The first-order valence-electron chi connectivity index (χ1n) is 7.01. The standard InChI is InChI=1S/C13H23N3O/c14-12(17)13(15-11-3-1-2-4-11)6-8-16-7-5-10(13)9-16/h10-11,15H,1-9H2,(H2,14,17). The van der Waals surface area contributed by atoms with Gasteiger partial charge in [0.05, 0.1) is 0 Å². The summed E-state index contributed by atoms with van der Waals surface area (Å²) in [6.45, 7) is 3.23. The third-order valence-corrected chi connectivity index (χ3v) is 5.05. The minimum absolute atomic E-state index is 0.115. The lowest BCUT2D eigenvalue weighted by Gasteiger charge is -2.43. The van der Waals surface area contributed by atoms with Gasteiger partial charge in [-0.1, -0.05) is 12.8 Å². The van der Waals surface area contributed by atoms with Crippen LogP contribution in [0.15, 0.2) is 0 Å². The van der Waals surface area contributed by atoms with E-state index in [0.29, 0.717) is 12.0 Å². The monoisotopic (exact) mass is 237 g/mol. The van der Waals surface area contributed by atoms with Crippen molar-refractivity contribution in [1.29, 1.82) is 0 Å². The zero-order chi connectivity index (χ0) is 11.9. The molecule has 0 spiro atoms. The number of nitrogens with one attached hydrogen (secondary N) is 1. The Labute approximate surface area is 103 Å². The maximum Gasteiger partial charge on any atom is 0.238 e. The molecule has 3 rings (SSSR count). The van der Waals surface area contributed by atoms with Gasteiger partial charge in [-0.05, 0) is 32.2 Å². The summed E-state index contributed by atoms with van der Waals surface area (Å²) in [5.74, 6) is 0.324. The molecule has 1 aliphatic carbocycles. The molecule has 1 saturated carbocycles. The minimum atomic E-state index is -0.401. The summed E-state index contributed by atoms with van der Waals surface area (Å²) in [7, 11) is 0. The maximum atomic E-state index is 12.0. The average Bonchev–Trinajstić information content (AvgIpc) is 2.92. The Balaban J connectivity index is 1.79. The number of amides is 1. The predicted molar refractivity (Wildman–Crippen MR) is 66.5 cm³/mol. The number of fused-ring (bicyclic) bond motifs is 2. The number of nitrogens with zero attached hydrogens (tertiary/aromatic N) is 1. The Hall–Kier alpha value is -0.610. The van der Waals surface area contributed by atoms with E-state index in [2.05, 4.69) is 10.2 Å². The molecule has 3 aliphatic rings. The number of carbonyl (C=O) groups is 1. The highest BCUT2D eigenvalue weighted by Crippen LogP contribution is 2.37. The Morgan fingerprint density at radius 1 is 1.24 bits per heavy atom. The van der Waals surface area contributed by atoms with E-state index in [9.17, 15) is 4.79 Å². The molecule has 4 nitrogen and oxygen atoms in total. The highest BCUT2D eigenvalue weighted by Gasteiger charge is 2.51. The molecule has 0 aromatic carbocycles. The molecule has 0 aromatic rings. The molecule has 2 bridgehead atoms. The van der Waals surface area contributed by atoms with E-state index in [1.165, 1.54) is 25.7 Å². The largest absolute Gasteiger partial charge is 0.368 e. The van der Waals surface area contributed by atoms with E-state index in [4.69, 9.17) is 5.73 Å². The topological polar surface area (TPSA) is 58.4 Å². The molecule has 0 radical (unpaired) electrons. The van der Waals surface area contributed by atoms with Crippen LogP contribution < -0.4 is 11.1 Å². The number of rotatable bonds is 3. The van der Waals surface area contributed by atoms with Crippen molar-refractivity contribution in [3.8, 4) is 0 Å². The van der Waals surface area contributed by atoms with Crippen LogP contribution in [0.25, 0.3) is 0 Å². The van der Waals surface area contributed by atoms with Gasteiger partial charge in [0.1, 0.15) is 5.54 Å². The first-order chi connectivity index (χ1) is 8.21. The molecule has 3 fully saturated rings. The number of hydrogen-bond donors (Lipinski definition) is 2. The van der Waals surface area contributed by atoms with Gasteiger partial charge in [0.25, 0.3) is 0 Å². The molecular weight excluding hydrogens is 214 g/mol. The summed E-state index contributed by atoms with van der Waals surface area (Å²) < 4.78 is 0. The second kappa shape index (κ2) is 4.25. The number of hydrogen-bond acceptors (Lipinski definition) is 3. The van der Waals surface area contributed by atoms with Gasteiger partial charge in [-0.2, -0.15) is 0 Å². The number of piperidine rings is 1. The Kier molecular flexibility index (Phi) is 2.87. The van der Waals surface area contributed by atoms with Gasteiger partial charge < -0.3 is 16.0 Å². The van der Waals surface area contributed by atoms with E-state index in [1.807, 2.05) is 0 Å². The first-order valence-corrected chi connectivity index (χ1v) is 7.01. The summed E-state index contributed by atoms with van der Waals surface area (Å²) in [4.78, 5) is 14.5. The van der Waals surface area contributed by atoms with Crippen molar-refractivity contribution in [2.75, 3.05) is 19.6 Å². The van der Waals surface area contributed by atoms with Crippen molar-refractivity contribution in [2.24, 2.45) is 11.7 Å². The molecule has 2 saturated heterocycles. The van der Waals surface area contributed by atoms with Crippen LogP contribution in [0.4, 0.5) is 0 Å². The van der Waals surface area contributed by atoms with Crippen LogP contribution >= 0.6 is 0 Å². The first kappa shape index (κ1) is 11.5. The predicted octanol–water partition coefficient (Wildman–Crippen LogP) is 0.468. The van der Waals surface area contributed by atoms with E-state index >= 15 is 0 Å². The Bertz CT molecular complexity index is 314. The highest BCUT2D eigenvalue weighted by molar-refractivity contribution is 5.85. The zero-order valence-electron chi connectivity index (χ0n) is 10.5. The quantitative estimate of drug-likeness (QED) is 0.750. The van der Waals surface area contributed by atoms with E-state index in [-0.39, 0.29) is 5.91 Å². The lowest BCUT2D eigenvalue weighted by Crippen LogP contribution is -2.65. The lowest BCUT2D eigenvalue weighted by molar-refractivity contribution is -0.128. The summed E-state index contributed by atoms with van der Waals surface area (Å²) in [6.07, 6.45) is 7.05. The zero-order valence-corrected chi connectivity index (χ0v) is 10.5. The van der Waals surface area contributed by atoms with Crippen molar-refractivity contribution in [3.05, 3.63) is 0 Å². The smallest absolute Gasteiger partial charge is 0.238 e. The second-order valence-electron chi connectivity index (χ2n) is 6.00. The minimum Gasteiger partial charge on any atom is -0.368 e. The fraction of sp³-hybridized carbons (Fsp3) is 0.923. The fourth-order valence-electron chi connectivity index (χ4n) is 4.00. The number of carbonyl (C=O) groups excluding carboxylic acids is 1. The molecule has 3 N–H and O–H groups in total. The van der Waals surface area contributed by atoms with Gasteiger partial charge in [0.15, 0.2) is 0 Å². The van der Waals surface area contributed by atoms with Gasteiger partial charge in [0.2, 0.25) is 5.91 Å². The number of primary amides is 1. The van der Waals surface area contributed by atoms with Crippen molar-refractivity contribution < 1.29 is 4.79 Å². The van der Waals surface area contributed by atoms with Crippen molar-refractivity contribution in [1.82, 2.24) is 10.2 Å². The van der Waals surface area contributed by atoms with Crippen LogP contribution in [-0.2, 0) is 4.79 Å². The molecule has 96 valence electrons. The van der Waals surface area contributed by atoms with Crippen LogP contribution in [-0.4, -0.2) is 42.0 Å². The molecule has 17 heavy (non-hydrogen) atoms. The Morgan fingerprint density at radius 3 is 2.71 bits per heavy atom. The summed E-state index contributed by atoms with van der Waals surface area (Å²) in [6, 6.07) is 0.523. The lowest BCUT2D eigenvalue weighted by atomic mass is 9.77. The molecule has 0 aromatic heterocycles.